The van der Waals surface area contributed by atoms with Crippen LogP contribution in [0, 0.1) is 0 Å². The zero-order chi connectivity index (χ0) is 17.9. The molecule has 7 heteroatoms. The fraction of sp³-hybridized carbons (Fsp3) is 0.556. The standard InChI is InChI=1S/C18H25N3O4/c1-3-24-16(22)14-5-7-15(8-6-14)25-10-4-9-21-12-18(13-21)11-19-17(23)20(18)2/h5-8H,3-4,9-13H2,1-2H3,(H,19,23). The van der Waals surface area contributed by atoms with Crippen LogP contribution in [0.2, 0.25) is 0 Å². The predicted molar refractivity (Wildman–Crippen MR) is 92.8 cm³/mol. The van der Waals surface area contributed by atoms with Gasteiger partial charge in [-0.05, 0) is 37.6 Å². The molecule has 2 aliphatic heterocycles. The number of likely N-dealkylation sites (N-methyl/N-ethyl adjacent to an activating group) is 1. The SMILES string of the molecule is CCOC(=O)c1ccc(OCCCN2CC3(CNC(=O)N3C)C2)cc1. The summed E-state index contributed by atoms with van der Waals surface area (Å²) in [6.07, 6.45) is 0.917. The highest BCUT2D eigenvalue weighted by Crippen LogP contribution is 2.29. The molecule has 2 fully saturated rings. The van der Waals surface area contributed by atoms with Gasteiger partial charge in [-0.1, -0.05) is 0 Å². The third-order valence-corrected chi connectivity index (χ3v) is 4.87. The van der Waals surface area contributed by atoms with Gasteiger partial charge in [-0.2, -0.15) is 0 Å². The first-order valence-electron chi connectivity index (χ1n) is 8.68. The van der Waals surface area contributed by atoms with E-state index in [2.05, 4.69) is 10.2 Å². The molecule has 2 amide bonds. The second-order valence-electron chi connectivity index (χ2n) is 6.60. The molecule has 1 N–H and O–H groups in total. The number of nitrogens with zero attached hydrogens (tertiary/aromatic N) is 2. The van der Waals surface area contributed by atoms with E-state index in [0.29, 0.717) is 18.8 Å². The van der Waals surface area contributed by atoms with Crippen LogP contribution in [0.15, 0.2) is 24.3 Å². The van der Waals surface area contributed by atoms with E-state index >= 15 is 0 Å². The molecule has 0 radical (unpaired) electrons. The minimum absolute atomic E-state index is 0.0130. The van der Waals surface area contributed by atoms with Gasteiger partial charge in [0.2, 0.25) is 0 Å². The van der Waals surface area contributed by atoms with E-state index in [1.54, 1.807) is 31.2 Å². The summed E-state index contributed by atoms with van der Waals surface area (Å²) in [7, 11) is 1.86. The average molecular weight is 347 g/mol. The van der Waals surface area contributed by atoms with E-state index in [1.807, 2.05) is 11.9 Å². The Morgan fingerprint density at radius 3 is 2.60 bits per heavy atom. The Labute approximate surface area is 147 Å². The number of ether oxygens (including phenoxy) is 2. The first-order chi connectivity index (χ1) is 12.0. The van der Waals surface area contributed by atoms with Gasteiger partial charge in [-0.25, -0.2) is 9.59 Å². The fourth-order valence-corrected chi connectivity index (χ4v) is 3.34. The molecular weight excluding hydrogens is 322 g/mol. The van der Waals surface area contributed by atoms with Gasteiger partial charge in [0.25, 0.3) is 0 Å². The number of urea groups is 1. The Balaban J connectivity index is 1.34. The van der Waals surface area contributed by atoms with Crippen molar-refractivity contribution < 1.29 is 19.1 Å². The minimum Gasteiger partial charge on any atom is -0.494 e. The van der Waals surface area contributed by atoms with Gasteiger partial charge in [0.1, 0.15) is 5.75 Å². The van der Waals surface area contributed by atoms with E-state index < -0.39 is 0 Å². The van der Waals surface area contributed by atoms with Crippen LogP contribution in [0.3, 0.4) is 0 Å². The van der Waals surface area contributed by atoms with Crippen molar-refractivity contribution in [1.29, 1.82) is 0 Å². The maximum atomic E-state index is 11.6. The second kappa shape index (κ2) is 7.31. The first-order valence-corrected chi connectivity index (χ1v) is 8.68. The van der Waals surface area contributed by atoms with Gasteiger partial charge in [-0.3, -0.25) is 4.90 Å². The number of carbonyl (C=O) groups is 2. The van der Waals surface area contributed by atoms with Gasteiger partial charge >= 0.3 is 12.0 Å². The summed E-state index contributed by atoms with van der Waals surface area (Å²) in [6, 6.07) is 7.03. The molecule has 136 valence electrons. The molecule has 7 nitrogen and oxygen atoms in total. The normalized spacial score (nSPS) is 18.8. The van der Waals surface area contributed by atoms with Crippen LogP contribution in [0.5, 0.6) is 5.75 Å². The Morgan fingerprint density at radius 2 is 2.00 bits per heavy atom. The van der Waals surface area contributed by atoms with E-state index in [9.17, 15) is 9.59 Å². The van der Waals surface area contributed by atoms with Crippen LogP contribution in [0.4, 0.5) is 4.79 Å². The van der Waals surface area contributed by atoms with Crippen LogP contribution < -0.4 is 10.1 Å². The molecule has 0 atom stereocenters. The Hall–Kier alpha value is -2.28. The molecule has 25 heavy (non-hydrogen) atoms. The summed E-state index contributed by atoms with van der Waals surface area (Å²) in [5.41, 5.74) is 0.518. The van der Waals surface area contributed by atoms with Crippen molar-refractivity contribution in [1.82, 2.24) is 15.1 Å². The number of hydrogen-bond acceptors (Lipinski definition) is 5. The summed E-state index contributed by atoms with van der Waals surface area (Å²) < 4.78 is 10.7. The number of carbonyl (C=O) groups excluding carboxylic acids is 2. The van der Waals surface area contributed by atoms with Gasteiger partial charge in [0.15, 0.2) is 0 Å². The molecule has 0 aromatic heterocycles. The molecule has 3 rings (SSSR count). The van der Waals surface area contributed by atoms with Crippen LogP contribution in [-0.4, -0.2) is 73.8 Å². The topological polar surface area (TPSA) is 71.1 Å². The van der Waals surface area contributed by atoms with Crippen molar-refractivity contribution in [3.05, 3.63) is 29.8 Å². The van der Waals surface area contributed by atoms with Gasteiger partial charge in [0.05, 0.1) is 24.3 Å². The number of likely N-dealkylation sites (tertiary alicyclic amines) is 1. The summed E-state index contributed by atoms with van der Waals surface area (Å²) in [5.74, 6) is 0.434. The van der Waals surface area contributed by atoms with E-state index in [-0.39, 0.29) is 17.5 Å². The van der Waals surface area contributed by atoms with Crippen molar-refractivity contribution in [3.63, 3.8) is 0 Å². The maximum absolute atomic E-state index is 11.6. The molecule has 1 aromatic carbocycles. The lowest BCUT2D eigenvalue weighted by atomic mass is 9.89. The van der Waals surface area contributed by atoms with Crippen molar-refractivity contribution in [2.24, 2.45) is 0 Å². The molecule has 2 aliphatic rings. The molecule has 1 aromatic rings. The zero-order valence-electron chi connectivity index (χ0n) is 14.8. The van der Waals surface area contributed by atoms with Crippen molar-refractivity contribution in [2.45, 2.75) is 18.9 Å². The Kier molecular flexibility index (Phi) is 5.13. The minimum atomic E-state index is -0.314. The number of hydrogen-bond donors (Lipinski definition) is 1. The van der Waals surface area contributed by atoms with Crippen molar-refractivity contribution in [2.75, 3.05) is 46.4 Å². The average Bonchev–Trinajstić information content (AvgIpc) is 2.88. The zero-order valence-corrected chi connectivity index (χ0v) is 14.8. The Morgan fingerprint density at radius 1 is 1.28 bits per heavy atom. The molecular formula is C18H25N3O4. The Bertz CT molecular complexity index is 626. The number of esters is 1. The van der Waals surface area contributed by atoms with Gasteiger partial charge < -0.3 is 19.7 Å². The van der Waals surface area contributed by atoms with Crippen LogP contribution >= 0.6 is 0 Å². The molecule has 0 saturated carbocycles. The highest BCUT2D eigenvalue weighted by Gasteiger charge is 2.51. The fourth-order valence-electron chi connectivity index (χ4n) is 3.34. The van der Waals surface area contributed by atoms with Crippen molar-refractivity contribution >= 4 is 12.0 Å². The summed E-state index contributed by atoms with van der Waals surface area (Å²) in [5, 5.41) is 2.89. The van der Waals surface area contributed by atoms with Crippen LogP contribution in [0.1, 0.15) is 23.7 Å². The molecule has 0 aliphatic carbocycles. The molecule has 1 spiro atoms. The maximum Gasteiger partial charge on any atom is 0.338 e. The smallest absolute Gasteiger partial charge is 0.338 e. The molecule has 0 unspecified atom stereocenters. The lowest BCUT2D eigenvalue weighted by Gasteiger charge is -2.50. The molecule has 2 saturated heterocycles. The lowest BCUT2D eigenvalue weighted by molar-refractivity contribution is 0.00210. The summed E-state index contributed by atoms with van der Waals surface area (Å²) in [4.78, 5) is 27.3. The lowest BCUT2D eigenvalue weighted by Crippen LogP contribution is -2.69. The summed E-state index contributed by atoms with van der Waals surface area (Å²) >= 11 is 0. The predicted octanol–water partition coefficient (Wildman–Crippen LogP) is 1.34. The second-order valence-corrected chi connectivity index (χ2v) is 6.60. The first kappa shape index (κ1) is 17.5. The molecule has 0 bridgehead atoms. The number of benzene rings is 1. The van der Waals surface area contributed by atoms with E-state index in [4.69, 9.17) is 9.47 Å². The van der Waals surface area contributed by atoms with E-state index in [0.717, 1.165) is 38.3 Å². The highest BCUT2D eigenvalue weighted by atomic mass is 16.5. The van der Waals surface area contributed by atoms with Gasteiger partial charge in [0, 0.05) is 33.2 Å². The van der Waals surface area contributed by atoms with Gasteiger partial charge in [-0.15, -0.1) is 0 Å². The van der Waals surface area contributed by atoms with E-state index in [1.165, 1.54) is 0 Å². The largest absolute Gasteiger partial charge is 0.494 e. The third-order valence-electron chi connectivity index (χ3n) is 4.87. The number of rotatable bonds is 7. The number of amides is 2. The monoisotopic (exact) mass is 347 g/mol. The van der Waals surface area contributed by atoms with Crippen LogP contribution in [-0.2, 0) is 4.74 Å². The third kappa shape index (κ3) is 3.71. The quantitative estimate of drug-likeness (QED) is 0.595. The van der Waals surface area contributed by atoms with Crippen LogP contribution in [0.25, 0.3) is 0 Å². The number of nitrogens with one attached hydrogen (secondary N) is 1. The highest BCUT2D eigenvalue weighted by molar-refractivity contribution is 5.89. The summed E-state index contributed by atoms with van der Waals surface area (Å²) in [6.45, 7) is 6.29. The van der Waals surface area contributed by atoms with Crippen molar-refractivity contribution in [3.8, 4) is 5.75 Å². The molecule has 2 heterocycles.